The average molecular weight is 372 g/mol. The fourth-order valence-electron chi connectivity index (χ4n) is 3.46. The molecule has 2 aromatic heterocycles. The van der Waals surface area contributed by atoms with Crippen molar-refractivity contribution in [2.24, 2.45) is 0 Å². The van der Waals surface area contributed by atoms with Gasteiger partial charge in [0.05, 0.1) is 11.1 Å². The molecule has 1 saturated heterocycles. The van der Waals surface area contributed by atoms with Crippen LogP contribution in [0.4, 0.5) is 0 Å². The van der Waals surface area contributed by atoms with Crippen LogP contribution in [0.5, 0.6) is 0 Å². The molecular formula is C19H18ClN3O3. The monoisotopic (exact) mass is 371 g/mol. The average Bonchev–Trinajstić information content (AvgIpc) is 3.34. The summed E-state index contributed by atoms with van der Waals surface area (Å²) in [6.45, 7) is 4.24. The molecule has 134 valence electrons. The Labute approximate surface area is 155 Å². The van der Waals surface area contributed by atoms with Crippen LogP contribution in [0.2, 0.25) is 5.02 Å². The lowest BCUT2D eigenvalue weighted by Gasteiger charge is -2.23. The second-order valence-electron chi connectivity index (χ2n) is 6.46. The summed E-state index contributed by atoms with van der Waals surface area (Å²) in [5.41, 5.74) is 2.38. The fourth-order valence-corrected chi connectivity index (χ4v) is 3.69. The summed E-state index contributed by atoms with van der Waals surface area (Å²) < 4.78 is 10.5. The topological polar surface area (TPSA) is 72.4 Å². The van der Waals surface area contributed by atoms with Gasteiger partial charge in [-0.1, -0.05) is 40.1 Å². The maximum absolute atomic E-state index is 13.3. The molecule has 0 spiro atoms. The van der Waals surface area contributed by atoms with Crippen molar-refractivity contribution in [2.45, 2.75) is 32.7 Å². The second-order valence-corrected chi connectivity index (χ2v) is 6.87. The van der Waals surface area contributed by atoms with Crippen LogP contribution < -0.4 is 0 Å². The largest absolute Gasteiger partial charge is 0.361 e. The number of carbonyl (C=O) groups excluding carboxylic acids is 1. The summed E-state index contributed by atoms with van der Waals surface area (Å²) in [6, 6.07) is 9.07. The third-order valence-electron chi connectivity index (χ3n) is 4.71. The van der Waals surface area contributed by atoms with Crippen LogP contribution in [-0.2, 0) is 0 Å². The van der Waals surface area contributed by atoms with E-state index in [4.69, 9.17) is 20.6 Å². The number of hydrogen-bond acceptors (Lipinski definition) is 5. The smallest absolute Gasteiger partial charge is 0.260 e. The summed E-state index contributed by atoms with van der Waals surface area (Å²) in [6.07, 6.45) is 1.76. The molecule has 0 saturated carbocycles. The molecule has 0 radical (unpaired) electrons. The molecule has 3 aromatic rings. The van der Waals surface area contributed by atoms with E-state index in [-0.39, 0.29) is 11.9 Å². The van der Waals surface area contributed by atoms with Gasteiger partial charge < -0.3 is 13.9 Å². The van der Waals surface area contributed by atoms with Crippen molar-refractivity contribution in [1.29, 1.82) is 0 Å². The van der Waals surface area contributed by atoms with Crippen LogP contribution in [0.25, 0.3) is 11.3 Å². The number of aryl methyl sites for hydroxylation is 2. The SMILES string of the molecule is Cc1cc([C@@H]2CCCN2C(=O)c2c(-c3ccccc3Cl)noc2C)no1. The summed E-state index contributed by atoms with van der Waals surface area (Å²) in [4.78, 5) is 15.2. The molecule has 7 heteroatoms. The minimum absolute atomic E-state index is 0.103. The fraction of sp³-hybridized carbons (Fsp3) is 0.316. The standard InChI is InChI=1S/C19H18ClN3O3/c1-11-10-15(21-25-11)16-8-5-9-23(16)19(24)17-12(2)26-22-18(17)13-6-3-4-7-14(13)20/h3-4,6-7,10,16H,5,8-9H2,1-2H3/t16-/m0/s1. The molecule has 1 fully saturated rings. The molecule has 1 aliphatic heterocycles. The van der Waals surface area contributed by atoms with Crippen molar-refractivity contribution >= 4 is 17.5 Å². The third-order valence-corrected chi connectivity index (χ3v) is 5.04. The van der Waals surface area contributed by atoms with E-state index in [9.17, 15) is 4.79 Å². The normalized spacial score (nSPS) is 17.0. The van der Waals surface area contributed by atoms with Gasteiger partial charge in [0.1, 0.15) is 28.5 Å². The van der Waals surface area contributed by atoms with Gasteiger partial charge in [0, 0.05) is 18.2 Å². The zero-order valence-electron chi connectivity index (χ0n) is 14.5. The highest BCUT2D eigenvalue weighted by Gasteiger charge is 2.36. The van der Waals surface area contributed by atoms with Gasteiger partial charge in [0.15, 0.2) is 0 Å². The molecular weight excluding hydrogens is 354 g/mol. The number of amides is 1. The number of benzene rings is 1. The predicted octanol–water partition coefficient (Wildman–Crippen LogP) is 4.58. The van der Waals surface area contributed by atoms with Crippen molar-refractivity contribution in [1.82, 2.24) is 15.2 Å². The van der Waals surface area contributed by atoms with Gasteiger partial charge in [0.25, 0.3) is 5.91 Å². The van der Waals surface area contributed by atoms with E-state index in [0.29, 0.717) is 34.1 Å². The lowest BCUT2D eigenvalue weighted by atomic mass is 10.0. The lowest BCUT2D eigenvalue weighted by Crippen LogP contribution is -2.31. The zero-order chi connectivity index (χ0) is 18.3. The number of nitrogens with zero attached hydrogens (tertiary/aromatic N) is 3. The number of likely N-dealkylation sites (tertiary alicyclic amines) is 1. The van der Waals surface area contributed by atoms with Crippen LogP contribution in [0.1, 0.15) is 46.5 Å². The number of carbonyl (C=O) groups is 1. The maximum atomic E-state index is 13.3. The summed E-state index contributed by atoms with van der Waals surface area (Å²) in [5.74, 6) is 1.09. The van der Waals surface area contributed by atoms with E-state index in [2.05, 4.69) is 10.3 Å². The number of halogens is 1. The van der Waals surface area contributed by atoms with E-state index in [0.717, 1.165) is 24.3 Å². The van der Waals surface area contributed by atoms with Gasteiger partial charge in [-0.3, -0.25) is 4.79 Å². The Kier molecular flexibility index (Phi) is 4.28. The van der Waals surface area contributed by atoms with Gasteiger partial charge in [-0.2, -0.15) is 0 Å². The first kappa shape index (κ1) is 16.8. The first-order chi connectivity index (χ1) is 12.6. The number of hydrogen-bond donors (Lipinski definition) is 0. The molecule has 4 rings (SSSR count). The third kappa shape index (κ3) is 2.80. The van der Waals surface area contributed by atoms with Crippen molar-refractivity contribution in [3.63, 3.8) is 0 Å². The van der Waals surface area contributed by atoms with Crippen molar-refractivity contribution < 1.29 is 13.8 Å². The second kappa shape index (κ2) is 6.61. The molecule has 0 N–H and O–H groups in total. The predicted molar refractivity (Wildman–Crippen MR) is 95.9 cm³/mol. The van der Waals surface area contributed by atoms with Gasteiger partial charge >= 0.3 is 0 Å². The molecule has 0 bridgehead atoms. The van der Waals surface area contributed by atoms with Crippen LogP contribution in [0, 0.1) is 13.8 Å². The molecule has 3 heterocycles. The van der Waals surface area contributed by atoms with Gasteiger partial charge in [-0.15, -0.1) is 0 Å². The highest BCUT2D eigenvalue weighted by molar-refractivity contribution is 6.33. The molecule has 1 atom stereocenters. The Hall–Kier alpha value is -2.60. The first-order valence-corrected chi connectivity index (χ1v) is 8.89. The number of rotatable bonds is 3. The Morgan fingerprint density at radius 1 is 1.23 bits per heavy atom. The van der Waals surface area contributed by atoms with Crippen molar-refractivity contribution in [2.75, 3.05) is 6.54 Å². The van der Waals surface area contributed by atoms with Crippen molar-refractivity contribution in [3.05, 3.63) is 58.1 Å². The highest BCUT2D eigenvalue weighted by atomic mass is 35.5. The van der Waals surface area contributed by atoms with Crippen molar-refractivity contribution in [3.8, 4) is 11.3 Å². The quantitative estimate of drug-likeness (QED) is 0.673. The van der Waals surface area contributed by atoms with E-state index >= 15 is 0 Å². The summed E-state index contributed by atoms with van der Waals surface area (Å²) in [5, 5.41) is 8.73. The summed E-state index contributed by atoms with van der Waals surface area (Å²) >= 11 is 6.30. The minimum Gasteiger partial charge on any atom is -0.361 e. The van der Waals surface area contributed by atoms with E-state index in [1.165, 1.54) is 0 Å². The van der Waals surface area contributed by atoms with Gasteiger partial charge in [0.2, 0.25) is 0 Å². The minimum atomic E-state index is -0.123. The Morgan fingerprint density at radius 3 is 2.77 bits per heavy atom. The van der Waals surface area contributed by atoms with Crippen LogP contribution >= 0.6 is 11.6 Å². The molecule has 1 aliphatic rings. The van der Waals surface area contributed by atoms with Gasteiger partial charge in [-0.25, -0.2) is 0 Å². The Bertz CT molecular complexity index is 963. The molecule has 6 nitrogen and oxygen atoms in total. The van der Waals surface area contributed by atoms with Crippen LogP contribution in [0.3, 0.4) is 0 Å². The molecule has 26 heavy (non-hydrogen) atoms. The van der Waals surface area contributed by atoms with E-state index in [1.807, 2.05) is 36.1 Å². The lowest BCUT2D eigenvalue weighted by molar-refractivity contribution is 0.0729. The molecule has 1 amide bonds. The number of aromatic nitrogens is 2. The first-order valence-electron chi connectivity index (χ1n) is 8.51. The Morgan fingerprint density at radius 2 is 2.04 bits per heavy atom. The van der Waals surface area contributed by atoms with E-state index < -0.39 is 0 Å². The Balaban J connectivity index is 1.73. The zero-order valence-corrected chi connectivity index (χ0v) is 15.3. The highest BCUT2D eigenvalue weighted by Crippen LogP contribution is 2.36. The summed E-state index contributed by atoms with van der Waals surface area (Å²) in [7, 11) is 0. The van der Waals surface area contributed by atoms with Gasteiger partial charge in [-0.05, 0) is 32.8 Å². The molecule has 0 unspecified atom stereocenters. The maximum Gasteiger partial charge on any atom is 0.260 e. The van der Waals surface area contributed by atoms with E-state index in [1.54, 1.807) is 13.0 Å². The molecule has 1 aromatic carbocycles. The molecule has 0 aliphatic carbocycles. The van der Waals surface area contributed by atoms with Crippen LogP contribution in [0.15, 0.2) is 39.4 Å². The van der Waals surface area contributed by atoms with Crippen LogP contribution in [-0.4, -0.2) is 27.7 Å².